The molecule has 0 bridgehead atoms. The van der Waals surface area contributed by atoms with Crippen LogP contribution in [-0.2, 0) is 29.7 Å². The maximum absolute atomic E-state index is 13.9. The van der Waals surface area contributed by atoms with Crippen molar-refractivity contribution in [2.24, 2.45) is 13.0 Å². The van der Waals surface area contributed by atoms with Crippen molar-refractivity contribution >= 4 is 34.6 Å². The quantitative estimate of drug-likeness (QED) is 0.451. The molecule has 8 nitrogen and oxygen atoms in total. The molecule has 2 amide bonds. The second-order valence-corrected chi connectivity index (χ2v) is 11.3. The van der Waals surface area contributed by atoms with Gasteiger partial charge in [0.15, 0.2) is 5.65 Å². The largest absolute Gasteiger partial charge is 0.488 e. The molecule has 0 N–H and O–H groups in total. The molecule has 3 aliphatic rings. The fraction of sp³-hybridized carbons (Fsp3) is 0.517. The van der Waals surface area contributed by atoms with Gasteiger partial charge < -0.3 is 19.1 Å². The van der Waals surface area contributed by atoms with E-state index in [-0.39, 0.29) is 23.8 Å². The van der Waals surface area contributed by atoms with Crippen LogP contribution in [-0.4, -0.2) is 55.8 Å². The highest BCUT2D eigenvalue weighted by molar-refractivity contribution is 6.31. The first kappa shape index (κ1) is 25.2. The van der Waals surface area contributed by atoms with E-state index < -0.39 is 0 Å². The van der Waals surface area contributed by atoms with Crippen molar-refractivity contribution < 1.29 is 14.3 Å². The van der Waals surface area contributed by atoms with E-state index in [9.17, 15) is 9.59 Å². The number of hydrogen-bond acceptors (Lipinski definition) is 5. The van der Waals surface area contributed by atoms with Gasteiger partial charge in [-0.1, -0.05) is 30.9 Å². The summed E-state index contributed by atoms with van der Waals surface area (Å²) in [7, 11) is 1.92. The van der Waals surface area contributed by atoms with Crippen LogP contribution in [0.1, 0.15) is 67.7 Å². The van der Waals surface area contributed by atoms with Gasteiger partial charge in [0.05, 0.1) is 12.4 Å². The number of halogens is 1. The number of aryl methyl sites for hydroxylation is 1. The fourth-order valence-electron chi connectivity index (χ4n) is 6.35. The van der Waals surface area contributed by atoms with Gasteiger partial charge in [0.2, 0.25) is 11.8 Å². The molecule has 38 heavy (non-hydrogen) atoms. The third-order valence-electron chi connectivity index (χ3n) is 8.38. The first-order valence-electron chi connectivity index (χ1n) is 13.8. The van der Waals surface area contributed by atoms with Gasteiger partial charge in [0.1, 0.15) is 17.9 Å². The van der Waals surface area contributed by atoms with E-state index in [2.05, 4.69) is 9.97 Å². The van der Waals surface area contributed by atoms with Crippen LogP contribution in [0.3, 0.4) is 0 Å². The molecule has 0 spiro atoms. The number of amides is 2. The first-order chi connectivity index (χ1) is 18.5. The van der Waals surface area contributed by atoms with Crippen LogP contribution in [0.2, 0.25) is 5.02 Å². The molecule has 1 saturated heterocycles. The molecule has 0 unspecified atom stereocenters. The monoisotopic (exact) mass is 535 g/mol. The molecule has 4 heterocycles. The normalized spacial score (nSPS) is 20.3. The van der Waals surface area contributed by atoms with E-state index in [0.29, 0.717) is 43.3 Å². The molecule has 200 valence electrons. The summed E-state index contributed by atoms with van der Waals surface area (Å²) in [5, 5.41) is 0.687. The highest BCUT2D eigenvalue weighted by atomic mass is 35.5. The number of ether oxygens (including phenoxy) is 1. The third-order valence-corrected chi connectivity index (χ3v) is 8.73. The Kier molecular flexibility index (Phi) is 6.99. The molecule has 1 saturated carbocycles. The van der Waals surface area contributed by atoms with Gasteiger partial charge in [0.25, 0.3) is 0 Å². The zero-order valence-corrected chi connectivity index (χ0v) is 22.6. The van der Waals surface area contributed by atoms with Gasteiger partial charge in [0, 0.05) is 61.4 Å². The summed E-state index contributed by atoms with van der Waals surface area (Å²) >= 11 is 6.73. The van der Waals surface area contributed by atoms with Crippen molar-refractivity contribution in [1.29, 1.82) is 0 Å². The van der Waals surface area contributed by atoms with Crippen molar-refractivity contribution in [3.63, 3.8) is 0 Å². The molecule has 1 atom stereocenters. The molecule has 3 aromatic rings. The maximum Gasteiger partial charge on any atom is 0.226 e. The van der Waals surface area contributed by atoms with E-state index >= 15 is 0 Å². The number of carbonyl (C=O) groups excluding carboxylic acids is 2. The lowest BCUT2D eigenvalue weighted by atomic mass is 9.85. The average Bonchev–Trinajstić information content (AvgIpc) is 3.52. The lowest BCUT2D eigenvalue weighted by molar-refractivity contribution is -0.141. The number of pyridine rings is 1. The van der Waals surface area contributed by atoms with Crippen LogP contribution in [0.4, 0.5) is 0 Å². The summed E-state index contributed by atoms with van der Waals surface area (Å²) in [4.78, 5) is 39.4. The Morgan fingerprint density at radius 3 is 2.74 bits per heavy atom. The molecule has 9 heteroatoms. The van der Waals surface area contributed by atoms with Gasteiger partial charge in [-0.2, -0.15) is 0 Å². The first-order valence-corrected chi connectivity index (χ1v) is 14.2. The van der Waals surface area contributed by atoms with E-state index in [4.69, 9.17) is 16.3 Å². The summed E-state index contributed by atoms with van der Waals surface area (Å²) in [6.45, 7) is 2.13. The number of aromatic nitrogens is 3. The van der Waals surface area contributed by atoms with Gasteiger partial charge >= 0.3 is 0 Å². The number of nitrogens with zero attached hydrogens (tertiary/aromatic N) is 5. The minimum absolute atomic E-state index is 0.0572. The molecule has 1 aliphatic carbocycles. The minimum atomic E-state index is -0.277. The second-order valence-electron chi connectivity index (χ2n) is 10.8. The molecule has 0 radical (unpaired) electrons. The summed E-state index contributed by atoms with van der Waals surface area (Å²) in [6, 6.07) is 5.50. The Labute approximate surface area is 227 Å². The maximum atomic E-state index is 13.9. The molecular weight excluding hydrogens is 502 g/mol. The van der Waals surface area contributed by atoms with Crippen LogP contribution in [0.25, 0.3) is 11.2 Å². The Morgan fingerprint density at radius 1 is 1.11 bits per heavy atom. The van der Waals surface area contributed by atoms with Gasteiger partial charge in [-0.25, -0.2) is 9.97 Å². The summed E-state index contributed by atoms with van der Waals surface area (Å²) < 4.78 is 8.31. The highest BCUT2D eigenvalue weighted by Gasteiger charge is 2.39. The minimum Gasteiger partial charge on any atom is -0.488 e. The van der Waals surface area contributed by atoms with Gasteiger partial charge in [-0.15, -0.1) is 0 Å². The third kappa shape index (κ3) is 4.75. The molecule has 2 fully saturated rings. The van der Waals surface area contributed by atoms with Gasteiger partial charge in [-0.3, -0.25) is 9.59 Å². The predicted octanol–water partition coefficient (Wildman–Crippen LogP) is 4.83. The number of likely N-dealkylation sites (tertiary alicyclic amines) is 1. The van der Waals surface area contributed by atoms with Crippen molar-refractivity contribution in [1.82, 2.24) is 24.3 Å². The number of carbonyl (C=O) groups is 2. The molecule has 2 aliphatic heterocycles. The molecule has 1 aromatic carbocycles. The van der Waals surface area contributed by atoms with E-state index in [1.54, 1.807) is 6.33 Å². The molecule has 6 rings (SSSR count). The fourth-order valence-corrected chi connectivity index (χ4v) is 6.61. The van der Waals surface area contributed by atoms with Crippen molar-refractivity contribution in [2.45, 2.75) is 64.0 Å². The number of fused-ring (bicyclic) bond motifs is 2. The van der Waals surface area contributed by atoms with Gasteiger partial charge in [-0.05, 0) is 49.4 Å². The van der Waals surface area contributed by atoms with Crippen LogP contribution in [0, 0.1) is 5.92 Å². The second kappa shape index (κ2) is 10.6. The van der Waals surface area contributed by atoms with Crippen molar-refractivity contribution in [3.8, 4) is 5.75 Å². The lowest BCUT2D eigenvalue weighted by Crippen LogP contribution is -2.48. The standard InChI is InChI=1S/C29H34ClN5O3/c1-33-18-32-23-14-19(15-31-28(23)33)17-38-25-10-9-22(30)21-11-13-35(29(37)20-6-3-2-4-7-20)24(27(21)25)16-34-12-5-8-26(34)36/h9-10,14-15,18,20,24H,2-8,11-13,16-17H2,1H3/t24-/m1/s1. The number of imidazole rings is 1. The van der Waals surface area contributed by atoms with Crippen molar-refractivity contribution in [3.05, 3.63) is 52.4 Å². The Morgan fingerprint density at radius 2 is 1.95 bits per heavy atom. The Balaban J connectivity index is 1.33. The number of benzene rings is 1. The van der Waals surface area contributed by atoms with E-state index in [1.165, 1.54) is 6.42 Å². The zero-order chi connectivity index (χ0) is 26.2. The molecule has 2 aromatic heterocycles. The number of rotatable bonds is 6. The Hall–Kier alpha value is -3.13. The van der Waals surface area contributed by atoms with Crippen LogP contribution in [0.5, 0.6) is 5.75 Å². The highest BCUT2D eigenvalue weighted by Crippen LogP contribution is 2.42. The lowest BCUT2D eigenvalue weighted by Gasteiger charge is -2.42. The van der Waals surface area contributed by atoms with Crippen LogP contribution in [0.15, 0.2) is 30.7 Å². The smallest absolute Gasteiger partial charge is 0.226 e. The summed E-state index contributed by atoms with van der Waals surface area (Å²) in [5.74, 6) is 1.13. The SMILES string of the molecule is Cn1cnc2cc(COc3ccc(Cl)c4c3[C@@H](CN3CCCC3=O)N(C(=O)C3CCCCC3)CC4)cnc21. The average molecular weight is 536 g/mol. The molecular formula is C29H34ClN5O3. The van der Waals surface area contributed by atoms with Crippen LogP contribution >= 0.6 is 11.6 Å². The van der Waals surface area contributed by atoms with E-state index in [0.717, 1.165) is 66.5 Å². The Bertz CT molecular complexity index is 1370. The van der Waals surface area contributed by atoms with Crippen molar-refractivity contribution in [2.75, 3.05) is 19.6 Å². The topological polar surface area (TPSA) is 80.6 Å². The zero-order valence-electron chi connectivity index (χ0n) is 21.9. The van der Waals surface area contributed by atoms with E-state index in [1.807, 2.05) is 45.8 Å². The van der Waals surface area contributed by atoms with Crippen LogP contribution < -0.4 is 4.74 Å². The number of hydrogen-bond donors (Lipinski definition) is 0. The summed E-state index contributed by atoms with van der Waals surface area (Å²) in [5.41, 5.74) is 4.52. The predicted molar refractivity (Wildman–Crippen MR) is 145 cm³/mol. The summed E-state index contributed by atoms with van der Waals surface area (Å²) in [6.07, 6.45) is 11.0.